The normalized spacial score (nSPS) is 11.1. The molecule has 0 aromatic carbocycles. The Bertz CT molecular complexity index is 366. The van der Waals surface area contributed by atoms with E-state index in [0.29, 0.717) is 6.54 Å². The molecule has 0 atom stereocenters. The molecule has 0 aliphatic rings. The maximum absolute atomic E-state index is 12.2. The zero-order valence-corrected chi connectivity index (χ0v) is 8.69. The molecule has 0 saturated carbocycles. The molecule has 0 radical (unpaired) electrons. The van der Waals surface area contributed by atoms with Gasteiger partial charge in [-0.05, 0) is 0 Å². The largest absolute Gasteiger partial charge is 0.434 e. The van der Waals surface area contributed by atoms with Gasteiger partial charge in [-0.1, -0.05) is 0 Å². The summed E-state index contributed by atoms with van der Waals surface area (Å²) < 4.78 is 36.6. The van der Waals surface area contributed by atoms with E-state index < -0.39 is 11.9 Å². The van der Waals surface area contributed by atoms with Gasteiger partial charge in [-0.15, -0.1) is 11.3 Å². The molecule has 1 heterocycles. The van der Waals surface area contributed by atoms with Crippen LogP contribution in [0.1, 0.15) is 12.1 Å². The van der Waals surface area contributed by atoms with Crippen LogP contribution in [-0.2, 0) is 6.18 Å². The lowest BCUT2D eigenvalue weighted by Gasteiger charge is -2.12. The summed E-state index contributed by atoms with van der Waals surface area (Å²) in [6, 6.07) is 1.92. The third-order valence-corrected chi connectivity index (χ3v) is 2.62. The molecule has 0 bridgehead atoms. The van der Waals surface area contributed by atoms with Gasteiger partial charge in [0.1, 0.15) is 0 Å². The molecule has 3 nitrogen and oxygen atoms in total. The van der Waals surface area contributed by atoms with Gasteiger partial charge in [-0.25, -0.2) is 4.98 Å². The third-order valence-electron chi connectivity index (χ3n) is 1.67. The van der Waals surface area contributed by atoms with E-state index in [1.165, 1.54) is 4.90 Å². The Hall–Kier alpha value is -1.29. The highest BCUT2D eigenvalue weighted by Crippen LogP contribution is 2.32. The second-order valence-electron chi connectivity index (χ2n) is 2.84. The van der Waals surface area contributed by atoms with Gasteiger partial charge < -0.3 is 4.90 Å². The van der Waals surface area contributed by atoms with E-state index in [1.54, 1.807) is 7.05 Å². The fraction of sp³-hybridized carbons (Fsp3) is 0.500. The van der Waals surface area contributed by atoms with E-state index >= 15 is 0 Å². The van der Waals surface area contributed by atoms with E-state index in [9.17, 15) is 13.2 Å². The highest BCUT2D eigenvalue weighted by atomic mass is 32.1. The molecule has 1 aromatic heterocycles. The standard InChI is InChI=1S/C8H8F3N3S/c1-14(4-2-3-12)7-13-6(5-15-7)8(9,10)11/h5H,2,4H2,1H3. The molecule has 0 unspecified atom stereocenters. The number of nitrogens with zero attached hydrogens (tertiary/aromatic N) is 3. The summed E-state index contributed by atoms with van der Waals surface area (Å²) in [6.07, 6.45) is -4.14. The predicted octanol–water partition coefficient (Wildman–Crippen LogP) is 2.51. The first-order chi connectivity index (χ1) is 6.95. The molecule has 0 fully saturated rings. The summed E-state index contributed by atoms with van der Waals surface area (Å²) in [7, 11) is 1.61. The molecule has 15 heavy (non-hydrogen) atoms. The van der Waals surface area contributed by atoms with Crippen LogP contribution in [0, 0.1) is 11.3 Å². The second kappa shape index (κ2) is 4.49. The van der Waals surface area contributed by atoms with Crippen molar-refractivity contribution in [1.82, 2.24) is 4.98 Å². The molecular formula is C8H8F3N3S. The summed E-state index contributed by atoms with van der Waals surface area (Å²) in [5.41, 5.74) is -0.883. The van der Waals surface area contributed by atoms with Gasteiger partial charge in [0.2, 0.25) is 0 Å². The van der Waals surface area contributed by atoms with Gasteiger partial charge in [0, 0.05) is 19.0 Å². The number of anilines is 1. The summed E-state index contributed by atoms with van der Waals surface area (Å²) in [6.45, 7) is 0.376. The van der Waals surface area contributed by atoms with E-state index in [2.05, 4.69) is 4.98 Å². The first-order valence-corrected chi connectivity index (χ1v) is 4.94. The fourth-order valence-corrected chi connectivity index (χ4v) is 1.71. The number of thiazole rings is 1. The van der Waals surface area contributed by atoms with Gasteiger partial charge in [-0.3, -0.25) is 0 Å². The predicted molar refractivity (Wildman–Crippen MR) is 50.6 cm³/mol. The molecule has 82 valence electrons. The minimum atomic E-state index is -4.40. The van der Waals surface area contributed by atoms with Gasteiger partial charge in [-0.2, -0.15) is 18.4 Å². The van der Waals surface area contributed by atoms with Crippen LogP contribution < -0.4 is 4.90 Å². The van der Waals surface area contributed by atoms with Crippen molar-refractivity contribution in [1.29, 1.82) is 5.26 Å². The minimum absolute atomic E-state index is 0.261. The van der Waals surface area contributed by atoms with Crippen LogP contribution in [0.25, 0.3) is 0 Å². The van der Waals surface area contributed by atoms with E-state index in [1.807, 2.05) is 6.07 Å². The van der Waals surface area contributed by atoms with E-state index in [-0.39, 0.29) is 11.6 Å². The van der Waals surface area contributed by atoms with Gasteiger partial charge >= 0.3 is 6.18 Å². The first-order valence-electron chi connectivity index (χ1n) is 4.06. The first kappa shape index (κ1) is 11.8. The van der Waals surface area contributed by atoms with E-state index in [0.717, 1.165) is 16.7 Å². The smallest absolute Gasteiger partial charge is 0.350 e. The van der Waals surface area contributed by atoms with Crippen LogP contribution in [0.4, 0.5) is 18.3 Å². The van der Waals surface area contributed by atoms with Crippen molar-refractivity contribution in [3.63, 3.8) is 0 Å². The number of halogens is 3. The van der Waals surface area contributed by atoms with Crippen molar-refractivity contribution in [2.45, 2.75) is 12.6 Å². The maximum atomic E-state index is 12.2. The number of hydrogen-bond donors (Lipinski definition) is 0. The molecule has 7 heteroatoms. The molecule has 0 saturated heterocycles. The Morgan fingerprint density at radius 1 is 1.60 bits per heavy atom. The Morgan fingerprint density at radius 3 is 2.73 bits per heavy atom. The van der Waals surface area contributed by atoms with Crippen LogP contribution in [0.2, 0.25) is 0 Å². The number of aromatic nitrogens is 1. The summed E-state index contributed by atoms with van der Waals surface area (Å²) in [4.78, 5) is 4.98. The van der Waals surface area contributed by atoms with Gasteiger partial charge in [0.25, 0.3) is 0 Å². The van der Waals surface area contributed by atoms with E-state index in [4.69, 9.17) is 5.26 Å². The Balaban J connectivity index is 2.72. The topological polar surface area (TPSA) is 39.9 Å². The second-order valence-corrected chi connectivity index (χ2v) is 3.68. The van der Waals surface area contributed by atoms with Gasteiger partial charge in [0.15, 0.2) is 10.8 Å². The molecule has 0 N–H and O–H groups in total. The van der Waals surface area contributed by atoms with Crippen molar-refractivity contribution < 1.29 is 13.2 Å². The zero-order chi connectivity index (χ0) is 11.5. The molecule has 0 spiro atoms. The average Bonchev–Trinajstić information content (AvgIpc) is 2.62. The number of hydrogen-bond acceptors (Lipinski definition) is 4. The Morgan fingerprint density at radius 2 is 2.27 bits per heavy atom. The zero-order valence-electron chi connectivity index (χ0n) is 7.88. The van der Waals surface area contributed by atoms with Crippen LogP contribution in [0.3, 0.4) is 0 Å². The lowest BCUT2D eigenvalue weighted by Crippen LogP contribution is -2.18. The lowest BCUT2D eigenvalue weighted by atomic mass is 10.4. The Labute approximate surface area is 88.8 Å². The molecule has 0 amide bonds. The van der Waals surface area contributed by atoms with Crippen LogP contribution >= 0.6 is 11.3 Å². The third kappa shape index (κ3) is 3.09. The Kier molecular flexibility index (Phi) is 3.52. The van der Waals surface area contributed by atoms with Crippen molar-refractivity contribution in [2.75, 3.05) is 18.5 Å². The summed E-state index contributed by atoms with van der Waals surface area (Å²) in [5.74, 6) is 0. The summed E-state index contributed by atoms with van der Waals surface area (Å²) in [5, 5.41) is 9.57. The van der Waals surface area contributed by atoms with Crippen molar-refractivity contribution >= 4 is 16.5 Å². The van der Waals surface area contributed by atoms with Crippen molar-refractivity contribution in [3.05, 3.63) is 11.1 Å². The van der Waals surface area contributed by atoms with Crippen LogP contribution in [0.15, 0.2) is 5.38 Å². The quantitative estimate of drug-likeness (QED) is 0.808. The molecule has 0 aliphatic heterocycles. The van der Waals surface area contributed by atoms with Crippen molar-refractivity contribution in [3.8, 4) is 6.07 Å². The van der Waals surface area contributed by atoms with Crippen LogP contribution in [-0.4, -0.2) is 18.6 Å². The SMILES string of the molecule is CN(CCC#N)c1nc(C(F)(F)F)cs1. The average molecular weight is 235 g/mol. The van der Waals surface area contributed by atoms with Crippen molar-refractivity contribution in [2.24, 2.45) is 0 Å². The highest BCUT2D eigenvalue weighted by molar-refractivity contribution is 7.13. The summed E-state index contributed by atoms with van der Waals surface area (Å²) >= 11 is 0.920. The maximum Gasteiger partial charge on any atom is 0.434 e. The fourth-order valence-electron chi connectivity index (χ4n) is 0.883. The molecule has 1 rings (SSSR count). The number of rotatable bonds is 3. The molecular weight excluding hydrogens is 227 g/mol. The lowest BCUT2D eigenvalue weighted by molar-refractivity contribution is -0.140. The highest BCUT2D eigenvalue weighted by Gasteiger charge is 2.34. The minimum Gasteiger partial charge on any atom is -0.350 e. The number of nitriles is 1. The number of alkyl halides is 3. The van der Waals surface area contributed by atoms with Crippen LogP contribution in [0.5, 0.6) is 0 Å². The molecule has 0 aliphatic carbocycles. The van der Waals surface area contributed by atoms with Gasteiger partial charge in [0.05, 0.1) is 12.5 Å². The monoisotopic (exact) mass is 235 g/mol. The molecule has 1 aromatic rings.